The molecule has 1 aliphatic rings. The number of anilines is 1. The third-order valence-corrected chi connectivity index (χ3v) is 2.68. The van der Waals surface area contributed by atoms with Crippen LogP contribution in [-0.4, -0.2) is 29.3 Å². The number of pyridine rings is 1. The second kappa shape index (κ2) is 4.15. The minimum Gasteiger partial charge on any atom is -0.391 e. The van der Waals surface area contributed by atoms with Gasteiger partial charge in [-0.05, 0) is 25.0 Å². The fourth-order valence-corrected chi connectivity index (χ4v) is 1.95. The highest BCUT2D eigenvalue weighted by Crippen LogP contribution is 2.21. The maximum atomic E-state index is 9.52. The Balaban J connectivity index is 2.14. The van der Waals surface area contributed by atoms with E-state index in [0.29, 0.717) is 11.7 Å². The molecule has 1 aromatic rings. The Morgan fingerprint density at radius 1 is 1.57 bits per heavy atom. The number of halogens is 1. The molecule has 14 heavy (non-hydrogen) atoms. The van der Waals surface area contributed by atoms with Crippen LogP contribution in [0.4, 0.5) is 5.69 Å². The first-order chi connectivity index (χ1) is 6.75. The number of hydrogen-bond donors (Lipinski definition) is 1. The maximum Gasteiger partial charge on any atom is 0.131 e. The molecule has 1 atom stereocenters. The Kier molecular flexibility index (Phi) is 2.89. The summed E-state index contributed by atoms with van der Waals surface area (Å²) in [6.45, 7) is 1.68. The Hall–Kier alpha value is -0.800. The van der Waals surface area contributed by atoms with Crippen LogP contribution in [0, 0.1) is 0 Å². The van der Waals surface area contributed by atoms with Gasteiger partial charge in [0.05, 0.1) is 6.10 Å². The van der Waals surface area contributed by atoms with E-state index in [4.69, 9.17) is 11.6 Å². The van der Waals surface area contributed by atoms with E-state index in [9.17, 15) is 5.11 Å². The van der Waals surface area contributed by atoms with Gasteiger partial charge in [0, 0.05) is 25.0 Å². The summed E-state index contributed by atoms with van der Waals surface area (Å²) in [5.41, 5.74) is 1.05. The smallest absolute Gasteiger partial charge is 0.131 e. The Morgan fingerprint density at radius 3 is 3.14 bits per heavy atom. The lowest BCUT2D eigenvalue weighted by Gasteiger charge is -2.31. The molecule has 0 aromatic carbocycles. The van der Waals surface area contributed by atoms with Crippen LogP contribution in [0.15, 0.2) is 18.3 Å². The van der Waals surface area contributed by atoms with E-state index in [-0.39, 0.29) is 6.10 Å². The largest absolute Gasteiger partial charge is 0.391 e. The van der Waals surface area contributed by atoms with Crippen molar-refractivity contribution < 1.29 is 5.11 Å². The van der Waals surface area contributed by atoms with Gasteiger partial charge in [-0.25, -0.2) is 4.98 Å². The van der Waals surface area contributed by atoms with Gasteiger partial charge in [-0.3, -0.25) is 0 Å². The van der Waals surface area contributed by atoms with Crippen molar-refractivity contribution in [2.45, 2.75) is 18.9 Å². The number of hydrogen-bond acceptors (Lipinski definition) is 3. The van der Waals surface area contributed by atoms with Crippen molar-refractivity contribution in [1.29, 1.82) is 0 Å². The van der Waals surface area contributed by atoms with E-state index in [2.05, 4.69) is 9.88 Å². The lowest BCUT2D eigenvalue weighted by atomic mass is 10.1. The molecule has 0 saturated carbocycles. The Labute approximate surface area is 88.3 Å². The lowest BCUT2D eigenvalue weighted by molar-refractivity contribution is 0.154. The third kappa shape index (κ3) is 2.16. The summed E-state index contributed by atoms with van der Waals surface area (Å²) in [5.74, 6) is 0. The van der Waals surface area contributed by atoms with Gasteiger partial charge in [0.15, 0.2) is 0 Å². The fourth-order valence-electron chi connectivity index (χ4n) is 1.78. The minimum absolute atomic E-state index is 0.212. The van der Waals surface area contributed by atoms with Crippen molar-refractivity contribution in [2.24, 2.45) is 0 Å². The molecule has 4 heteroatoms. The summed E-state index contributed by atoms with van der Waals surface area (Å²) in [6, 6.07) is 3.75. The zero-order chi connectivity index (χ0) is 9.97. The summed E-state index contributed by atoms with van der Waals surface area (Å²) < 4.78 is 0. The zero-order valence-corrected chi connectivity index (χ0v) is 8.61. The molecular weight excluding hydrogens is 200 g/mol. The van der Waals surface area contributed by atoms with Crippen molar-refractivity contribution in [3.8, 4) is 0 Å². The van der Waals surface area contributed by atoms with Crippen molar-refractivity contribution in [3.05, 3.63) is 23.5 Å². The van der Waals surface area contributed by atoms with Crippen molar-refractivity contribution in [1.82, 2.24) is 4.98 Å². The number of β-amino-alcohol motifs (C(OH)–C–C–N with tert-alkyl or cyclic N) is 1. The number of aliphatic hydroxyl groups excluding tert-OH is 1. The van der Waals surface area contributed by atoms with Crippen LogP contribution in [-0.2, 0) is 0 Å². The Morgan fingerprint density at radius 2 is 2.43 bits per heavy atom. The molecule has 0 amide bonds. The third-order valence-electron chi connectivity index (χ3n) is 2.47. The molecule has 1 aromatic heterocycles. The number of nitrogens with zero attached hydrogens (tertiary/aromatic N) is 2. The molecule has 0 radical (unpaired) electrons. The van der Waals surface area contributed by atoms with E-state index in [1.54, 1.807) is 6.20 Å². The molecule has 3 nitrogen and oxygen atoms in total. The predicted octanol–water partition coefficient (Wildman–Crippen LogP) is 1.70. The first-order valence-electron chi connectivity index (χ1n) is 4.80. The first kappa shape index (κ1) is 9.74. The van der Waals surface area contributed by atoms with Crippen LogP contribution in [0.2, 0.25) is 5.15 Å². The molecular formula is C10H13ClN2O. The van der Waals surface area contributed by atoms with Crippen LogP contribution in [0.3, 0.4) is 0 Å². The van der Waals surface area contributed by atoms with Crippen molar-refractivity contribution in [2.75, 3.05) is 18.0 Å². The zero-order valence-electron chi connectivity index (χ0n) is 7.86. The maximum absolute atomic E-state index is 9.52. The van der Waals surface area contributed by atoms with E-state index >= 15 is 0 Å². The number of aliphatic hydroxyl groups is 1. The summed E-state index contributed by atoms with van der Waals surface area (Å²) in [6.07, 6.45) is 3.41. The number of piperidine rings is 1. The van der Waals surface area contributed by atoms with Gasteiger partial charge in [-0.1, -0.05) is 11.6 Å². The number of rotatable bonds is 1. The quantitative estimate of drug-likeness (QED) is 0.720. The molecule has 0 bridgehead atoms. The fraction of sp³-hybridized carbons (Fsp3) is 0.500. The lowest BCUT2D eigenvalue weighted by Crippen LogP contribution is -2.38. The summed E-state index contributed by atoms with van der Waals surface area (Å²) >= 11 is 5.80. The molecule has 2 rings (SSSR count). The van der Waals surface area contributed by atoms with Gasteiger partial charge in [0.25, 0.3) is 0 Å². The highest BCUT2D eigenvalue weighted by Gasteiger charge is 2.17. The van der Waals surface area contributed by atoms with Gasteiger partial charge in [-0.2, -0.15) is 0 Å². The molecule has 1 N–H and O–H groups in total. The molecule has 0 aliphatic carbocycles. The average Bonchev–Trinajstić information content (AvgIpc) is 2.18. The van der Waals surface area contributed by atoms with Gasteiger partial charge < -0.3 is 10.0 Å². The normalized spacial score (nSPS) is 22.4. The van der Waals surface area contributed by atoms with Crippen molar-refractivity contribution >= 4 is 17.3 Å². The second-order valence-electron chi connectivity index (χ2n) is 3.58. The van der Waals surface area contributed by atoms with E-state index in [1.165, 1.54) is 0 Å². The highest BCUT2D eigenvalue weighted by atomic mass is 35.5. The monoisotopic (exact) mass is 212 g/mol. The van der Waals surface area contributed by atoms with Gasteiger partial charge >= 0.3 is 0 Å². The highest BCUT2D eigenvalue weighted by molar-refractivity contribution is 6.29. The Bertz CT molecular complexity index is 319. The molecule has 1 fully saturated rings. The SMILES string of the molecule is O[C@H]1CCCN(c2ccnc(Cl)c2)C1. The second-order valence-corrected chi connectivity index (χ2v) is 3.97. The van der Waals surface area contributed by atoms with Crippen LogP contribution >= 0.6 is 11.6 Å². The van der Waals surface area contributed by atoms with Crippen LogP contribution in [0.25, 0.3) is 0 Å². The van der Waals surface area contributed by atoms with Crippen LogP contribution in [0.5, 0.6) is 0 Å². The van der Waals surface area contributed by atoms with E-state index in [0.717, 1.165) is 25.1 Å². The predicted molar refractivity (Wildman–Crippen MR) is 56.7 cm³/mol. The number of aromatic nitrogens is 1. The molecule has 1 saturated heterocycles. The van der Waals surface area contributed by atoms with Crippen LogP contribution in [0.1, 0.15) is 12.8 Å². The summed E-state index contributed by atoms with van der Waals surface area (Å²) in [4.78, 5) is 6.07. The molecule has 0 spiro atoms. The van der Waals surface area contributed by atoms with E-state index in [1.807, 2.05) is 12.1 Å². The summed E-state index contributed by atoms with van der Waals surface area (Å²) in [7, 11) is 0. The summed E-state index contributed by atoms with van der Waals surface area (Å²) in [5, 5.41) is 10.0. The van der Waals surface area contributed by atoms with Gasteiger partial charge in [-0.15, -0.1) is 0 Å². The minimum atomic E-state index is -0.212. The molecule has 1 aliphatic heterocycles. The van der Waals surface area contributed by atoms with Gasteiger partial charge in [0.2, 0.25) is 0 Å². The average molecular weight is 213 g/mol. The van der Waals surface area contributed by atoms with Gasteiger partial charge in [0.1, 0.15) is 5.15 Å². The van der Waals surface area contributed by atoms with E-state index < -0.39 is 0 Å². The standard InChI is InChI=1S/C10H13ClN2O/c11-10-6-8(3-4-12-10)13-5-1-2-9(14)7-13/h3-4,6,9,14H,1-2,5,7H2/t9-/m0/s1. The first-order valence-corrected chi connectivity index (χ1v) is 5.18. The molecule has 2 heterocycles. The van der Waals surface area contributed by atoms with Crippen molar-refractivity contribution in [3.63, 3.8) is 0 Å². The molecule has 0 unspecified atom stereocenters. The van der Waals surface area contributed by atoms with Crippen LogP contribution < -0.4 is 4.90 Å². The molecule has 76 valence electrons. The topological polar surface area (TPSA) is 36.4 Å².